The van der Waals surface area contributed by atoms with Gasteiger partial charge in [-0.25, -0.2) is 13.6 Å². The van der Waals surface area contributed by atoms with Gasteiger partial charge in [0.05, 0.1) is 12.4 Å². The summed E-state index contributed by atoms with van der Waals surface area (Å²) < 4.78 is 28.6. The molecule has 0 aliphatic carbocycles. The molecular weight excluding hydrogens is 274 g/mol. The summed E-state index contributed by atoms with van der Waals surface area (Å²) in [5, 5.41) is 5.21. The molecule has 1 atom stereocenters. The normalized spacial score (nSPS) is 14.4. The molecule has 0 aliphatic heterocycles. The van der Waals surface area contributed by atoms with Gasteiger partial charge in [0, 0.05) is 12.0 Å². The standard InChI is InChI=1S/C15H33NO3S/c1-5-9-10-14(6-2)11-19-12-15(7-3,8-4)13-20(16,17)18/h14H,5-13H2,1-4H3,(H2,16,17,18). The van der Waals surface area contributed by atoms with Crippen molar-refractivity contribution in [2.75, 3.05) is 19.0 Å². The highest BCUT2D eigenvalue weighted by Crippen LogP contribution is 2.28. The number of rotatable bonds is 12. The molecule has 0 fully saturated rings. The van der Waals surface area contributed by atoms with Gasteiger partial charge < -0.3 is 4.74 Å². The van der Waals surface area contributed by atoms with E-state index in [2.05, 4.69) is 13.8 Å². The van der Waals surface area contributed by atoms with Gasteiger partial charge in [-0.15, -0.1) is 0 Å². The van der Waals surface area contributed by atoms with Crippen LogP contribution in [0.4, 0.5) is 0 Å². The zero-order chi connectivity index (χ0) is 15.6. The Morgan fingerprint density at radius 2 is 1.75 bits per heavy atom. The summed E-state index contributed by atoms with van der Waals surface area (Å²) in [6, 6.07) is 0. The second-order valence-electron chi connectivity index (χ2n) is 5.95. The molecule has 0 spiro atoms. The maximum Gasteiger partial charge on any atom is 0.209 e. The average molecular weight is 308 g/mol. The minimum atomic E-state index is -3.46. The van der Waals surface area contributed by atoms with Crippen molar-refractivity contribution in [3.05, 3.63) is 0 Å². The zero-order valence-electron chi connectivity index (χ0n) is 13.7. The van der Waals surface area contributed by atoms with Gasteiger partial charge >= 0.3 is 0 Å². The highest BCUT2D eigenvalue weighted by molar-refractivity contribution is 7.89. The van der Waals surface area contributed by atoms with Crippen LogP contribution in [-0.2, 0) is 14.8 Å². The molecule has 0 amide bonds. The molecule has 0 bridgehead atoms. The van der Waals surface area contributed by atoms with Gasteiger partial charge in [-0.1, -0.05) is 47.0 Å². The number of nitrogens with two attached hydrogens (primary N) is 1. The van der Waals surface area contributed by atoms with E-state index in [0.717, 1.165) is 25.9 Å². The Morgan fingerprint density at radius 1 is 1.15 bits per heavy atom. The topological polar surface area (TPSA) is 69.4 Å². The first kappa shape index (κ1) is 19.9. The van der Waals surface area contributed by atoms with E-state index in [-0.39, 0.29) is 11.2 Å². The predicted molar refractivity (Wildman–Crippen MR) is 85.1 cm³/mol. The predicted octanol–water partition coefficient (Wildman–Crippen LogP) is 3.31. The Hall–Kier alpha value is -0.130. The average Bonchev–Trinajstić information content (AvgIpc) is 2.40. The van der Waals surface area contributed by atoms with Gasteiger partial charge in [-0.2, -0.15) is 0 Å². The van der Waals surface area contributed by atoms with E-state index in [9.17, 15) is 8.42 Å². The molecule has 20 heavy (non-hydrogen) atoms. The lowest BCUT2D eigenvalue weighted by Gasteiger charge is -2.31. The second kappa shape index (κ2) is 9.74. The first-order valence-electron chi connectivity index (χ1n) is 7.90. The minimum Gasteiger partial charge on any atom is -0.381 e. The van der Waals surface area contributed by atoms with E-state index in [4.69, 9.17) is 9.88 Å². The lowest BCUT2D eigenvalue weighted by atomic mass is 9.85. The number of sulfonamides is 1. The van der Waals surface area contributed by atoms with Crippen molar-refractivity contribution < 1.29 is 13.2 Å². The molecule has 0 saturated carbocycles. The smallest absolute Gasteiger partial charge is 0.209 e. The second-order valence-corrected chi connectivity index (χ2v) is 7.56. The summed E-state index contributed by atoms with van der Waals surface area (Å²) >= 11 is 0. The molecule has 0 saturated heterocycles. The number of hydrogen-bond donors (Lipinski definition) is 1. The van der Waals surface area contributed by atoms with Gasteiger partial charge in [0.2, 0.25) is 10.0 Å². The molecule has 0 aromatic carbocycles. The van der Waals surface area contributed by atoms with Crippen molar-refractivity contribution in [2.24, 2.45) is 16.5 Å². The third-order valence-electron chi connectivity index (χ3n) is 4.31. The summed E-state index contributed by atoms with van der Waals surface area (Å²) in [5.41, 5.74) is -0.337. The third-order valence-corrected chi connectivity index (χ3v) is 5.33. The molecule has 4 nitrogen and oxygen atoms in total. The van der Waals surface area contributed by atoms with Crippen LogP contribution in [0.3, 0.4) is 0 Å². The molecule has 2 N–H and O–H groups in total. The molecule has 5 heteroatoms. The Kier molecular flexibility index (Phi) is 9.68. The van der Waals surface area contributed by atoms with Crippen LogP contribution in [0, 0.1) is 11.3 Å². The van der Waals surface area contributed by atoms with Crippen LogP contribution in [0.25, 0.3) is 0 Å². The van der Waals surface area contributed by atoms with Crippen LogP contribution in [-0.4, -0.2) is 27.4 Å². The van der Waals surface area contributed by atoms with E-state index < -0.39 is 10.0 Å². The van der Waals surface area contributed by atoms with Crippen molar-refractivity contribution in [3.63, 3.8) is 0 Å². The maximum atomic E-state index is 11.4. The van der Waals surface area contributed by atoms with Crippen molar-refractivity contribution in [2.45, 2.75) is 66.2 Å². The first-order valence-corrected chi connectivity index (χ1v) is 9.62. The minimum absolute atomic E-state index is 0.0127. The Morgan fingerprint density at radius 3 is 2.15 bits per heavy atom. The summed E-state index contributed by atoms with van der Waals surface area (Å²) in [6.07, 6.45) is 6.27. The molecule has 0 aromatic rings. The van der Waals surface area contributed by atoms with Crippen LogP contribution in [0.15, 0.2) is 0 Å². The fourth-order valence-corrected chi connectivity index (χ4v) is 3.81. The van der Waals surface area contributed by atoms with E-state index in [1.807, 2.05) is 13.8 Å². The van der Waals surface area contributed by atoms with E-state index in [1.165, 1.54) is 19.3 Å². The Bertz CT molecular complexity index is 337. The van der Waals surface area contributed by atoms with Gasteiger partial charge in [0.25, 0.3) is 0 Å². The van der Waals surface area contributed by atoms with Crippen LogP contribution >= 0.6 is 0 Å². The molecule has 0 aliphatic rings. The summed E-state index contributed by atoms with van der Waals surface area (Å²) in [6.45, 7) is 9.60. The van der Waals surface area contributed by atoms with Crippen molar-refractivity contribution in [3.8, 4) is 0 Å². The molecule has 1 unspecified atom stereocenters. The first-order chi connectivity index (χ1) is 9.32. The van der Waals surface area contributed by atoms with Crippen LogP contribution in [0.2, 0.25) is 0 Å². The summed E-state index contributed by atoms with van der Waals surface area (Å²) in [7, 11) is -3.46. The fourth-order valence-electron chi connectivity index (χ4n) is 2.47. The molecule has 0 heterocycles. The SMILES string of the molecule is CCCCC(CC)COCC(CC)(CC)CS(N)(=O)=O. The lowest BCUT2D eigenvalue weighted by Crippen LogP contribution is -2.37. The van der Waals surface area contributed by atoms with Gasteiger partial charge in [0.15, 0.2) is 0 Å². The quantitative estimate of drug-likeness (QED) is 0.601. The van der Waals surface area contributed by atoms with Crippen LogP contribution < -0.4 is 5.14 Å². The van der Waals surface area contributed by atoms with Gasteiger partial charge in [0.1, 0.15) is 0 Å². The van der Waals surface area contributed by atoms with E-state index >= 15 is 0 Å². The highest BCUT2D eigenvalue weighted by Gasteiger charge is 2.31. The maximum absolute atomic E-state index is 11.4. The van der Waals surface area contributed by atoms with E-state index in [1.54, 1.807) is 0 Å². The van der Waals surface area contributed by atoms with Crippen molar-refractivity contribution >= 4 is 10.0 Å². The molecule has 0 radical (unpaired) electrons. The fraction of sp³-hybridized carbons (Fsp3) is 1.00. The van der Waals surface area contributed by atoms with Gasteiger partial charge in [-0.05, 0) is 25.2 Å². The van der Waals surface area contributed by atoms with Gasteiger partial charge in [-0.3, -0.25) is 0 Å². The monoisotopic (exact) mass is 307 g/mol. The number of primary sulfonamides is 1. The number of unbranched alkanes of at least 4 members (excludes halogenated alkanes) is 1. The Balaban J connectivity index is 4.40. The third kappa shape index (κ3) is 8.22. The number of ether oxygens (including phenoxy) is 1. The molecule has 0 aromatic heterocycles. The lowest BCUT2D eigenvalue weighted by molar-refractivity contribution is 0.0273. The highest BCUT2D eigenvalue weighted by atomic mass is 32.2. The summed E-state index contributed by atoms with van der Waals surface area (Å²) in [5.74, 6) is 0.592. The Labute approximate surface area is 125 Å². The zero-order valence-corrected chi connectivity index (χ0v) is 14.5. The largest absolute Gasteiger partial charge is 0.381 e. The number of hydrogen-bond acceptors (Lipinski definition) is 3. The van der Waals surface area contributed by atoms with Crippen LogP contribution in [0.5, 0.6) is 0 Å². The summed E-state index contributed by atoms with van der Waals surface area (Å²) in [4.78, 5) is 0. The molecule has 122 valence electrons. The molecule has 0 rings (SSSR count). The van der Waals surface area contributed by atoms with Crippen molar-refractivity contribution in [1.29, 1.82) is 0 Å². The van der Waals surface area contributed by atoms with Crippen molar-refractivity contribution in [1.82, 2.24) is 0 Å². The molecular formula is C15H33NO3S. The van der Waals surface area contributed by atoms with Crippen LogP contribution in [0.1, 0.15) is 66.2 Å². The van der Waals surface area contributed by atoms with E-state index in [0.29, 0.717) is 12.5 Å².